The molecule has 2 aromatic carbocycles. The third kappa shape index (κ3) is 9.99. The molecule has 0 aliphatic heterocycles. The molecule has 16 heteroatoms. The molecule has 3 aromatic rings. The predicted molar refractivity (Wildman–Crippen MR) is 158 cm³/mol. The Bertz CT molecular complexity index is 1610. The fourth-order valence-electron chi connectivity index (χ4n) is 3.80. The maximum absolute atomic E-state index is 14.2. The first kappa shape index (κ1) is 36.9. The van der Waals surface area contributed by atoms with Crippen molar-refractivity contribution in [3.05, 3.63) is 82.0 Å². The second-order valence-corrected chi connectivity index (χ2v) is 13.5. The molecule has 1 heterocycles. The van der Waals surface area contributed by atoms with Gasteiger partial charge >= 0.3 is 19.9 Å². The predicted octanol–water partition coefficient (Wildman–Crippen LogP) is 8.77. The number of phosphoric ester groups is 1. The minimum atomic E-state index is -5.88. The number of hydrogen-bond acceptors (Lipinski definition) is 8. The molecule has 0 saturated carbocycles. The van der Waals surface area contributed by atoms with E-state index in [0.29, 0.717) is 12.1 Å². The van der Waals surface area contributed by atoms with Gasteiger partial charge in [0.25, 0.3) is 5.56 Å². The summed E-state index contributed by atoms with van der Waals surface area (Å²) in [5, 5.41) is 2.88. The molecule has 3 rings (SSSR count). The number of phosphoric acid groups is 1. The number of nitrogens with zero attached hydrogens (tertiary/aromatic N) is 1. The van der Waals surface area contributed by atoms with Gasteiger partial charge in [0.2, 0.25) is 0 Å². The van der Waals surface area contributed by atoms with Gasteiger partial charge in [-0.1, -0.05) is 12.1 Å². The monoisotopic (exact) mass is 680 g/mol. The Morgan fingerprint density at radius 1 is 0.826 bits per heavy atom. The molecule has 0 atom stereocenters. The van der Waals surface area contributed by atoms with Gasteiger partial charge in [-0.05, 0) is 65.8 Å². The second-order valence-electron chi connectivity index (χ2n) is 12.0. The van der Waals surface area contributed by atoms with Crippen LogP contribution in [0.5, 0.6) is 17.2 Å². The zero-order chi connectivity index (χ0) is 34.7. The summed E-state index contributed by atoms with van der Waals surface area (Å²) in [7, 11) is -2.93. The van der Waals surface area contributed by atoms with E-state index < -0.39 is 60.5 Å². The van der Waals surface area contributed by atoms with Gasteiger partial charge in [-0.3, -0.25) is 22.9 Å². The lowest BCUT2D eigenvalue weighted by molar-refractivity contribution is -0.289. The van der Waals surface area contributed by atoms with Crippen LogP contribution < -0.4 is 20.3 Å². The smallest absolute Gasteiger partial charge is 0.477 e. The van der Waals surface area contributed by atoms with Crippen LogP contribution in [0.15, 0.2) is 59.5 Å². The number of rotatable bonds is 12. The molecule has 0 aliphatic rings. The number of halogens is 6. The summed E-state index contributed by atoms with van der Waals surface area (Å²) in [4.78, 5) is 12.8. The molecular weight excluding hydrogens is 645 g/mol. The lowest BCUT2D eigenvalue weighted by atomic mass is 10.0. The highest BCUT2D eigenvalue weighted by molar-refractivity contribution is 7.48. The quantitative estimate of drug-likeness (QED) is 0.150. The molecule has 0 aliphatic carbocycles. The van der Waals surface area contributed by atoms with E-state index in [-0.39, 0.29) is 29.3 Å². The SMILES string of the molecule is COc1cc(F)ccc1Oc1cc(C(F)(F)C(F)(F)F)ccc1CNc1ccn(COP(=O)(OC(C)(C)C)OC(C)(C)C)c(=O)c1. The van der Waals surface area contributed by atoms with Crippen molar-refractivity contribution in [2.24, 2.45) is 0 Å². The minimum absolute atomic E-state index is 0.111. The van der Waals surface area contributed by atoms with Gasteiger partial charge in [-0.25, -0.2) is 8.96 Å². The summed E-state index contributed by atoms with van der Waals surface area (Å²) in [5.41, 5.74) is -3.44. The summed E-state index contributed by atoms with van der Waals surface area (Å²) in [6, 6.07) is 7.80. The number of anilines is 1. The van der Waals surface area contributed by atoms with Crippen molar-refractivity contribution in [2.75, 3.05) is 12.4 Å². The molecule has 1 N–H and O–H groups in total. The average Bonchev–Trinajstić information content (AvgIpc) is 2.90. The summed E-state index contributed by atoms with van der Waals surface area (Å²) >= 11 is 0. The number of alkyl halides is 5. The molecule has 0 fully saturated rings. The topological polar surface area (TPSA) is 97.2 Å². The summed E-state index contributed by atoms with van der Waals surface area (Å²) in [6.45, 7) is 9.24. The van der Waals surface area contributed by atoms with Crippen LogP contribution in [0, 0.1) is 5.82 Å². The molecule has 254 valence electrons. The number of nitrogens with one attached hydrogen (secondary N) is 1. The van der Waals surface area contributed by atoms with Crippen LogP contribution in [0.2, 0.25) is 0 Å². The Labute approximate surface area is 262 Å². The van der Waals surface area contributed by atoms with E-state index in [1.165, 1.54) is 19.4 Å². The van der Waals surface area contributed by atoms with Gasteiger partial charge in [0.05, 0.1) is 18.3 Å². The van der Waals surface area contributed by atoms with Crippen LogP contribution in [0.1, 0.15) is 52.7 Å². The lowest BCUT2D eigenvalue weighted by Gasteiger charge is -2.30. The Morgan fingerprint density at radius 3 is 2.00 bits per heavy atom. The largest absolute Gasteiger partial charge is 0.493 e. The first-order valence-electron chi connectivity index (χ1n) is 13.7. The first-order chi connectivity index (χ1) is 21.0. The molecule has 46 heavy (non-hydrogen) atoms. The van der Waals surface area contributed by atoms with E-state index in [2.05, 4.69) is 5.32 Å². The Kier molecular flexibility index (Phi) is 11.0. The van der Waals surface area contributed by atoms with Crippen LogP contribution in [-0.4, -0.2) is 29.1 Å². The summed E-state index contributed by atoms with van der Waals surface area (Å²) in [6.07, 6.45) is -4.56. The van der Waals surface area contributed by atoms with Gasteiger partial charge in [-0.15, -0.1) is 0 Å². The molecular formula is C30H35F6N2O7P. The number of hydrogen-bond donors (Lipinski definition) is 1. The van der Waals surface area contributed by atoms with Crippen molar-refractivity contribution >= 4 is 13.5 Å². The van der Waals surface area contributed by atoms with E-state index in [1.807, 2.05) is 0 Å². The maximum Gasteiger partial charge on any atom is 0.477 e. The van der Waals surface area contributed by atoms with Crippen LogP contribution in [-0.2, 0) is 37.3 Å². The Morgan fingerprint density at radius 2 is 1.46 bits per heavy atom. The van der Waals surface area contributed by atoms with Crippen molar-refractivity contribution in [2.45, 2.75) is 78.1 Å². The van der Waals surface area contributed by atoms with Crippen molar-refractivity contribution in [3.63, 3.8) is 0 Å². The van der Waals surface area contributed by atoms with Gasteiger partial charge in [0, 0.05) is 41.7 Å². The molecule has 0 unspecified atom stereocenters. The van der Waals surface area contributed by atoms with E-state index >= 15 is 0 Å². The fraction of sp³-hybridized carbons (Fsp3) is 0.433. The van der Waals surface area contributed by atoms with Gasteiger partial charge in [0.15, 0.2) is 11.5 Å². The number of ether oxygens (including phenoxy) is 2. The first-order valence-corrected chi connectivity index (χ1v) is 15.2. The highest BCUT2D eigenvalue weighted by atomic mass is 31.2. The van der Waals surface area contributed by atoms with E-state index in [0.717, 1.165) is 34.9 Å². The second kappa shape index (κ2) is 13.7. The van der Waals surface area contributed by atoms with E-state index in [4.69, 9.17) is 23.0 Å². The zero-order valence-corrected chi connectivity index (χ0v) is 27.0. The van der Waals surface area contributed by atoms with Gasteiger partial charge in [-0.2, -0.15) is 22.0 Å². The number of pyridine rings is 1. The van der Waals surface area contributed by atoms with Crippen molar-refractivity contribution in [1.82, 2.24) is 4.57 Å². The van der Waals surface area contributed by atoms with Crippen molar-refractivity contribution in [1.29, 1.82) is 0 Å². The van der Waals surface area contributed by atoms with Crippen LogP contribution >= 0.6 is 7.82 Å². The van der Waals surface area contributed by atoms with Gasteiger partial charge < -0.3 is 14.8 Å². The van der Waals surface area contributed by atoms with Crippen LogP contribution in [0.3, 0.4) is 0 Å². The molecule has 9 nitrogen and oxygen atoms in total. The van der Waals surface area contributed by atoms with Crippen molar-refractivity contribution in [3.8, 4) is 17.2 Å². The third-order valence-electron chi connectivity index (χ3n) is 5.74. The standard InChI is InChI=1S/C30H35F6N2O7P/c1-27(2,3)44-46(40,45-28(4,5)6)42-18-38-13-12-22(16-26(38)39)37-17-19-8-9-20(29(32,33)30(34,35)36)14-24(19)43-23-11-10-21(31)15-25(23)41-7/h8-16,37H,17-18H2,1-7H3. The minimum Gasteiger partial charge on any atom is -0.493 e. The zero-order valence-electron chi connectivity index (χ0n) is 26.1. The van der Waals surface area contributed by atoms with E-state index in [1.54, 1.807) is 41.5 Å². The molecule has 0 spiro atoms. The van der Waals surface area contributed by atoms with Gasteiger partial charge in [0.1, 0.15) is 18.3 Å². The highest BCUT2D eigenvalue weighted by Gasteiger charge is 2.58. The van der Waals surface area contributed by atoms with E-state index in [9.17, 15) is 35.7 Å². The Balaban J connectivity index is 1.86. The maximum atomic E-state index is 14.2. The number of methoxy groups -OCH3 is 1. The average molecular weight is 681 g/mol. The molecule has 0 radical (unpaired) electrons. The summed E-state index contributed by atoms with van der Waals surface area (Å²) in [5.74, 6) is -6.59. The third-order valence-corrected chi connectivity index (χ3v) is 7.71. The number of aromatic nitrogens is 1. The number of benzene rings is 2. The van der Waals surface area contributed by atoms with Crippen LogP contribution in [0.4, 0.5) is 32.0 Å². The highest BCUT2D eigenvalue weighted by Crippen LogP contribution is 2.55. The fourth-order valence-corrected chi connectivity index (χ4v) is 5.55. The lowest BCUT2D eigenvalue weighted by Crippen LogP contribution is -2.33. The molecule has 1 aromatic heterocycles. The normalized spacial score (nSPS) is 13.1. The molecule has 0 saturated heterocycles. The molecule has 0 amide bonds. The Hall–Kier alpha value is -3.52. The summed E-state index contributed by atoms with van der Waals surface area (Å²) < 4.78 is 123. The van der Waals surface area contributed by atoms with Crippen molar-refractivity contribution < 1.29 is 54.0 Å². The van der Waals surface area contributed by atoms with Crippen LogP contribution in [0.25, 0.3) is 0 Å². The molecule has 0 bridgehead atoms.